The van der Waals surface area contributed by atoms with Crippen LogP contribution in [0.2, 0.25) is 10.2 Å². The number of aryl methyl sites for hydroxylation is 1. The van der Waals surface area contributed by atoms with Gasteiger partial charge in [0.25, 0.3) is 0 Å². The molecule has 1 aliphatic rings. The molecule has 0 aliphatic carbocycles. The Balaban J connectivity index is 1.58. The minimum atomic E-state index is -0.967. The molecule has 0 radical (unpaired) electrons. The molecule has 2 atom stereocenters. The number of hydrogen-bond donors (Lipinski definition) is 2. The van der Waals surface area contributed by atoms with Crippen molar-refractivity contribution in [3.8, 4) is 0 Å². The van der Waals surface area contributed by atoms with Gasteiger partial charge in [0.05, 0.1) is 17.4 Å². The fraction of sp³-hybridized carbons (Fsp3) is 0.476. The van der Waals surface area contributed by atoms with Crippen molar-refractivity contribution in [3.05, 3.63) is 40.3 Å². The average Bonchev–Trinajstić information content (AvgIpc) is 3.08. The molecule has 1 aromatic carbocycles. The second kappa shape index (κ2) is 9.45. The zero-order chi connectivity index (χ0) is 21.1. The van der Waals surface area contributed by atoms with Gasteiger partial charge in [-0.05, 0) is 37.1 Å². The first kappa shape index (κ1) is 21.3. The Morgan fingerprint density at radius 1 is 1.27 bits per heavy atom. The van der Waals surface area contributed by atoms with Crippen LogP contribution >= 0.6 is 23.2 Å². The monoisotopic (exact) mass is 450 g/mol. The van der Waals surface area contributed by atoms with Crippen molar-refractivity contribution in [3.63, 3.8) is 0 Å². The summed E-state index contributed by atoms with van der Waals surface area (Å²) in [6.45, 7) is 4.05. The maximum Gasteiger partial charge on any atom is 0.227 e. The lowest BCUT2D eigenvalue weighted by atomic mass is 9.88. The minimum absolute atomic E-state index is 0.231. The molecule has 0 amide bonds. The Hall–Kier alpha value is -1.96. The number of benzene rings is 1. The first-order chi connectivity index (χ1) is 14.6. The fourth-order valence-electron chi connectivity index (χ4n) is 3.82. The summed E-state index contributed by atoms with van der Waals surface area (Å²) in [6, 6.07) is 3.69. The molecule has 2 aromatic heterocycles. The van der Waals surface area contributed by atoms with Gasteiger partial charge >= 0.3 is 0 Å². The Morgan fingerprint density at radius 3 is 2.93 bits per heavy atom. The number of alkyl halides is 1. The maximum absolute atomic E-state index is 14.4. The van der Waals surface area contributed by atoms with Crippen molar-refractivity contribution < 1.29 is 4.39 Å². The standard InChI is InChI=1S/C21H25Cl2FN6/c1-2-3-4-7-30-20(23)19(12-27-30)29-21-26-10-13-8-16(22)15(9-18(13)28-21)14-5-6-25-11-17(14)24/h8-10,12,14,17,25H,2-7,11H2,1H3,(H,26,28,29)/t14-,17+/m1/s1. The molecule has 30 heavy (non-hydrogen) atoms. The van der Waals surface area contributed by atoms with Gasteiger partial charge in [0, 0.05) is 35.6 Å². The van der Waals surface area contributed by atoms with Gasteiger partial charge in [-0.3, -0.25) is 4.68 Å². The summed E-state index contributed by atoms with van der Waals surface area (Å²) in [4.78, 5) is 8.97. The average molecular weight is 451 g/mol. The number of fused-ring (bicyclic) bond motifs is 1. The highest BCUT2D eigenvalue weighted by atomic mass is 35.5. The van der Waals surface area contributed by atoms with Crippen LogP contribution in [-0.4, -0.2) is 39.0 Å². The fourth-order valence-corrected chi connectivity index (χ4v) is 4.36. The molecule has 0 unspecified atom stereocenters. The molecule has 0 spiro atoms. The first-order valence-corrected chi connectivity index (χ1v) is 11.1. The maximum atomic E-state index is 14.4. The van der Waals surface area contributed by atoms with Crippen molar-refractivity contribution in [1.82, 2.24) is 25.1 Å². The van der Waals surface area contributed by atoms with Crippen molar-refractivity contribution in [1.29, 1.82) is 0 Å². The van der Waals surface area contributed by atoms with Crippen LogP contribution in [0, 0.1) is 0 Å². The van der Waals surface area contributed by atoms with E-state index in [4.69, 9.17) is 23.2 Å². The molecule has 0 saturated carbocycles. The molecule has 6 nitrogen and oxygen atoms in total. The van der Waals surface area contributed by atoms with E-state index in [1.807, 2.05) is 12.1 Å². The molecule has 0 bridgehead atoms. The summed E-state index contributed by atoms with van der Waals surface area (Å²) in [6.07, 6.45) is 6.42. The molecule has 3 heterocycles. The molecule has 1 aliphatic heterocycles. The number of piperidine rings is 1. The summed E-state index contributed by atoms with van der Waals surface area (Å²) in [5.41, 5.74) is 2.16. The molecular weight excluding hydrogens is 426 g/mol. The van der Waals surface area contributed by atoms with Crippen LogP contribution in [0.1, 0.15) is 44.1 Å². The Kier molecular flexibility index (Phi) is 6.71. The van der Waals surface area contributed by atoms with Gasteiger partial charge in [0.1, 0.15) is 6.17 Å². The van der Waals surface area contributed by atoms with Gasteiger partial charge in [-0.2, -0.15) is 5.10 Å². The first-order valence-electron chi connectivity index (χ1n) is 10.4. The highest BCUT2D eigenvalue weighted by Crippen LogP contribution is 2.35. The third-order valence-corrected chi connectivity index (χ3v) is 6.23. The van der Waals surface area contributed by atoms with Gasteiger partial charge in [-0.1, -0.05) is 43.0 Å². The third kappa shape index (κ3) is 4.53. The molecular formula is C21H25Cl2FN6. The van der Waals surface area contributed by atoms with E-state index in [0.717, 1.165) is 43.3 Å². The quantitative estimate of drug-likeness (QED) is 0.466. The van der Waals surface area contributed by atoms with Gasteiger partial charge < -0.3 is 10.6 Å². The number of aromatic nitrogens is 4. The van der Waals surface area contributed by atoms with Gasteiger partial charge in [-0.25, -0.2) is 14.4 Å². The van der Waals surface area contributed by atoms with Crippen molar-refractivity contribution in [2.75, 3.05) is 18.4 Å². The zero-order valence-electron chi connectivity index (χ0n) is 16.8. The Labute approximate surface area is 185 Å². The van der Waals surface area contributed by atoms with Gasteiger partial charge in [0.2, 0.25) is 5.95 Å². The van der Waals surface area contributed by atoms with E-state index >= 15 is 0 Å². The van der Waals surface area contributed by atoms with E-state index in [1.165, 1.54) is 0 Å². The van der Waals surface area contributed by atoms with E-state index < -0.39 is 6.17 Å². The lowest BCUT2D eigenvalue weighted by Gasteiger charge is -2.27. The predicted molar refractivity (Wildman–Crippen MR) is 120 cm³/mol. The van der Waals surface area contributed by atoms with Crippen LogP contribution in [0.15, 0.2) is 24.5 Å². The SMILES string of the molecule is CCCCCn1ncc(Nc2ncc3cc(Cl)c([C@H]4CCNC[C@@H]4F)cc3n2)c1Cl. The predicted octanol–water partition coefficient (Wildman–Crippen LogP) is 5.48. The molecule has 160 valence electrons. The summed E-state index contributed by atoms with van der Waals surface area (Å²) < 4.78 is 16.2. The number of hydrogen-bond acceptors (Lipinski definition) is 5. The summed E-state index contributed by atoms with van der Waals surface area (Å²) in [7, 11) is 0. The number of unbranched alkanes of at least 4 members (excludes halogenated alkanes) is 2. The van der Waals surface area contributed by atoms with Crippen LogP contribution < -0.4 is 10.6 Å². The molecule has 4 rings (SSSR count). The lowest BCUT2D eigenvalue weighted by molar-refractivity contribution is 0.231. The highest BCUT2D eigenvalue weighted by Gasteiger charge is 2.28. The van der Waals surface area contributed by atoms with Crippen LogP contribution in [0.4, 0.5) is 16.0 Å². The smallest absolute Gasteiger partial charge is 0.227 e. The third-order valence-electron chi connectivity index (χ3n) is 5.50. The van der Waals surface area contributed by atoms with Crippen molar-refractivity contribution in [2.45, 2.75) is 51.2 Å². The zero-order valence-corrected chi connectivity index (χ0v) is 18.3. The topological polar surface area (TPSA) is 67.7 Å². The second-order valence-corrected chi connectivity index (χ2v) is 8.41. The molecule has 9 heteroatoms. The normalized spacial score (nSPS) is 19.3. The number of anilines is 2. The minimum Gasteiger partial charge on any atom is -0.320 e. The van der Waals surface area contributed by atoms with E-state index in [9.17, 15) is 4.39 Å². The summed E-state index contributed by atoms with van der Waals surface area (Å²) in [5, 5.41) is 12.5. The number of halogens is 3. The Morgan fingerprint density at radius 2 is 2.13 bits per heavy atom. The summed E-state index contributed by atoms with van der Waals surface area (Å²) in [5.74, 6) is 0.179. The van der Waals surface area contributed by atoms with E-state index in [1.54, 1.807) is 17.1 Å². The van der Waals surface area contributed by atoms with E-state index in [0.29, 0.717) is 40.3 Å². The largest absolute Gasteiger partial charge is 0.320 e. The van der Waals surface area contributed by atoms with Gasteiger partial charge in [0.15, 0.2) is 5.15 Å². The number of nitrogens with zero attached hydrogens (tertiary/aromatic N) is 4. The van der Waals surface area contributed by atoms with Crippen LogP contribution in [0.25, 0.3) is 10.9 Å². The van der Waals surface area contributed by atoms with Crippen LogP contribution in [0.3, 0.4) is 0 Å². The molecule has 3 aromatic rings. The lowest BCUT2D eigenvalue weighted by Crippen LogP contribution is -2.36. The van der Waals surface area contributed by atoms with E-state index in [-0.39, 0.29) is 5.92 Å². The number of nitrogens with one attached hydrogen (secondary N) is 2. The second-order valence-electron chi connectivity index (χ2n) is 7.65. The molecule has 1 saturated heterocycles. The molecule has 2 N–H and O–H groups in total. The van der Waals surface area contributed by atoms with E-state index in [2.05, 4.69) is 32.6 Å². The molecule has 1 fully saturated rings. The van der Waals surface area contributed by atoms with Crippen LogP contribution in [-0.2, 0) is 6.54 Å². The van der Waals surface area contributed by atoms with Crippen LogP contribution in [0.5, 0.6) is 0 Å². The summed E-state index contributed by atoms with van der Waals surface area (Å²) >= 11 is 12.9. The van der Waals surface area contributed by atoms with Gasteiger partial charge in [-0.15, -0.1) is 0 Å². The Bertz CT molecular complexity index is 1020. The number of rotatable bonds is 7. The highest BCUT2D eigenvalue weighted by molar-refractivity contribution is 6.32. The van der Waals surface area contributed by atoms with Crippen molar-refractivity contribution in [2.24, 2.45) is 0 Å². The van der Waals surface area contributed by atoms with Crippen molar-refractivity contribution >= 4 is 45.7 Å².